The van der Waals surface area contributed by atoms with Gasteiger partial charge in [-0.3, -0.25) is 4.79 Å². The van der Waals surface area contributed by atoms with E-state index in [0.29, 0.717) is 5.75 Å². The van der Waals surface area contributed by atoms with Crippen LogP contribution in [0.15, 0.2) is 58.8 Å². The van der Waals surface area contributed by atoms with Crippen LogP contribution in [0.3, 0.4) is 0 Å². The Balaban J connectivity index is 1.99. The van der Waals surface area contributed by atoms with E-state index in [1.165, 1.54) is 12.5 Å². The van der Waals surface area contributed by atoms with Gasteiger partial charge in [-0.2, -0.15) is 10.2 Å². The molecule has 2 aromatic carbocycles. The van der Waals surface area contributed by atoms with E-state index in [1.54, 1.807) is 24.3 Å². The average molecular weight is 268 g/mol. The number of ether oxygens (including phenoxy) is 1. The Hall–Kier alpha value is -2.49. The maximum Gasteiger partial charge on any atom is 0.167 e. The van der Waals surface area contributed by atoms with E-state index in [1.807, 2.05) is 31.2 Å². The van der Waals surface area contributed by atoms with Gasteiger partial charge in [0, 0.05) is 0 Å². The van der Waals surface area contributed by atoms with Gasteiger partial charge in [-0.25, -0.2) is 0 Å². The van der Waals surface area contributed by atoms with E-state index >= 15 is 0 Å². The fraction of sp³-hybridized carbons (Fsp3) is 0.188. The van der Waals surface area contributed by atoms with Crippen molar-refractivity contribution in [1.82, 2.24) is 0 Å². The molecular weight excluding hydrogens is 252 g/mol. The molecule has 0 aliphatic carbocycles. The number of azo groups is 1. The Kier molecular flexibility index (Phi) is 4.60. The van der Waals surface area contributed by atoms with Crippen molar-refractivity contribution in [3.63, 3.8) is 0 Å². The van der Waals surface area contributed by atoms with Crippen LogP contribution in [0.4, 0.5) is 11.4 Å². The van der Waals surface area contributed by atoms with Gasteiger partial charge in [0.05, 0.1) is 11.4 Å². The zero-order valence-corrected chi connectivity index (χ0v) is 11.5. The quantitative estimate of drug-likeness (QED) is 0.755. The Labute approximate surface area is 118 Å². The van der Waals surface area contributed by atoms with Gasteiger partial charge in [0.1, 0.15) is 12.4 Å². The minimum absolute atomic E-state index is 0.00636. The van der Waals surface area contributed by atoms with Gasteiger partial charge in [0.25, 0.3) is 0 Å². The number of carbonyl (C=O) groups is 1. The van der Waals surface area contributed by atoms with Crippen molar-refractivity contribution >= 4 is 17.2 Å². The van der Waals surface area contributed by atoms with Crippen molar-refractivity contribution in [2.45, 2.75) is 13.8 Å². The third-order valence-electron chi connectivity index (χ3n) is 2.59. The van der Waals surface area contributed by atoms with Gasteiger partial charge in [-0.1, -0.05) is 17.7 Å². The molecule has 0 aromatic heterocycles. The maximum atomic E-state index is 10.8. The highest BCUT2D eigenvalue weighted by atomic mass is 16.5. The van der Waals surface area contributed by atoms with E-state index in [4.69, 9.17) is 4.74 Å². The normalized spacial score (nSPS) is 10.7. The van der Waals surface area contributed by atoms with E-state index in [9.17, 15) is 4.79 Å². The summed E-state index contributed by atoms with van der Waals surface area (Å²) in [5, 5.41) is 8.30. The fourth-order valence-corrected chi connectivity index (χ4v) is 1.52. The van der Waals surface area contributed by atoms with Crippen molar-refractivity contribution < 1.29 is 9.53 Å². The van der Waals surface area contributed by atoms with Gasteiger partial charge in [0.15, 0.2) is 5.78 Å². The Morgan fingerprint density at radius 3 is 1.95 bits per heavy atom. The zero-order chi connectivity index (χ0) is 14.4. The van der Waals surface area contributed by atoms with Crippen molar-refractivity contribution in [3.05, 3.63) is 54.1 Å². The average Bonchev–Trinajstić information content (AvgIpc) is 2.45. The molecule has 0 amide bonds. The summed E-state index contributed by atoms with van der Waals surface area (Å²) in [4.78, 5) is 10.8. The predicted octanol–water partition coefficient (Wildman–Crippen LogP) is 4.38. The summed E-state index contributed by atoms with van der Waals surface area (Å²) in [6.07, 6.45) is 0. The first kappa shape index (κ1) is 13.9. The van der Waals surface area contributed by atoms with E-state index < -0.39 is 0 Å². The number of aryl methyl sites for hydroxylation is 1. The molecule has 0 bridgehead atoms. The summed E-state index contributed by atoms with van der Waals surface area (Å²) in [5.41, 5.74) is 2.74. The van der Waals surface area contributed by atoms with Crippen LogP contribution in [0, 0.1) is 6.92 Å². The number of hydrogen-bond donors (Lipinski definition) is 0. The topological polar surface area (TPSA) is 51.0 Å². The second-order valence-electron chi connectivity index (χ2n) is 4.52. The molecule has 20 heavy (non-hydrogen) atoms. The first-order chi connectivity index (χ1) is 9.63. The summed E-state index contributed by atoms with van der Waals surface area (Å²) < 4.78 is 5.28. The van der Waals surface area contributed by atoms with E-state index in [-0.39, 0.29) is 12.4 Å². The van der Waals surface area contributed by atoms with Crippen molar-refractivity contribution in [2.24, 2.45) is 10.2 Å². The predicted molar refractivity (Wildman–Crippen MR) is 78.0 cm³/mol. The van der Waals surface area contributed by atoms with Crippen LogP contribution in [-0.4, -0.2) is 12.4 Å². The Morgan fingerprint density at radius 2 is 1.45 bits per heavy atom. The molecule has 0 fully saturated rings. The van der Waals surface area contributed by atoms with Crippen molar-refractivity contribution in [2.75, 3.05) is 6.61 Å². The van der Waals surface area contributed by atoms with Crippen LogP contribution in [0.1, 0.15) is 12.5 Å². The van der Waals surface area contributed by atoms with Gasteiger partial charge < -0.3 is 4.74 Å². The molecule has 2 aromatic rings. The molecule has 0 saturated heterocycles. The molecule has 0 spiro atoms. The van der Waals surface area contributed by atoms with Crippen LogP contribution in [0.5, 0.6) is 5.75 Å². The van der Waals surface area contributed by atoms with Crippen LogP contribution in [0.25, 0.3) is 0 Å². The largest absolute Gasteiger partial charge is 0.486 e. The molecule has 0 N–H and O–H groups in total. The van der Waals surface area contributed by atoms with Crippen molar-refractivity contribution in [1.29, 1.82) is 0 Å². The third-order valence-corrected chi connectivity index (χ3v) is 2.59. The summed E-state index contributed by atoms with van der Waals surface area (Å²) >= 11 is 0. The Bertz CT molecular complexity index is 601. The molecule has 0 radical (unpaired) electrons. The monoisotopic (exact) mass is 268 g/mol. The number of hydrogen-bond acceptors (Lipinski definition) is 4. The first-order valence-electron chi connectivity index (χ1n) is 6.34. The molecule has 0 aliphatic rings. The first-order valence-corrected chi connectivity index (χ1v) is 6.34. The summed E-state index contributed by atoms with van der Waals surface area (Å²) in [7, 11) is 0. The number of Topliss-reactive ketones (excluding diaryl/α,β-unsaturated/α-hetero) is 1. The molecule has 102 valence electrons. The fourth-order valence-electron chi connectivity index (χ4n) is 1.52. The highest BCUT2D eigenvalue weighted by molar-refractivity contribution is 5.77. The standard InChI is InChI=1S/C16H16N2O2/c1-12-3-5-14(6-4-12)17-18-15-7-9-16(10-8-15)20-11-13(2)19/h3-10H,11H2,1-2H3/b18-17+. The number of nitrogens with zero attached hydrogens (tertiary/aromatic N) is 2. The van der Waals surface area contributed by atoms with Crippen LogP contribution in [0.2, 0.25) is 0 Å². The number of benzene rings is 2. The summed E-state index contributed by atoms with van der Waals surface area (Å²) in [6.45, 7) is 3.61. The number of rotatable bonds is 5. The molecule has 0 aliphatic heterocycles. The van der Waals surface area contributed by atoms with Gasteiger partial charge in [-0.05, 0) is 50.2 Å². The Morgan fingerprint density at radius 1 is 0.950 bits per heavy atom. The summed E-state index contributed by atoms with van der Waals surface area (Å²) in [6, 6.07) is 15.0. The van der Waals surface area contributed by atoms with Gasteiger partial charge in [-0.15, -0.1) is 0 Å². The van der Waals surface area contributed by atoms with Gasteiger partial charge >= 0.3 is 0 Å². The lowest BCUT2D eigenvalue weighted by atomic mass is 10.2. The molecule has 0 saturated carbocycles. The highest BCUT2D eigenvalue weighted by Gasteiger charge is 1.97. The number of ketones is 1. The molecular formula is C16H16N2O2. The minimum Gasteiger partial charge on any atom is -0.486 e. The lowest BCUT2D eigenvalue weighted by Gasteiger charge is -2.03. The SMILES string of the molecule is CC(=O)COc1ccc(/N=N/c2ccc(C)cc2)cc1. The van der Waals surface area contributed by atoms with Crippen LogP contribution >= 0.6 is 0 Å². The van der Waals surface area contributed by atoms with Gasteiger partial charge in [0.2, 0.25) is 0 Å². The van der Waals surface area contributed by atoms with Crippen LogP contribution < -0.4 is 4.74 Å². The lowest BCUT2D eigenvalue weighted by Crippen LogP contribution is -2.06. The highest BCUT2D eigenvalue weighted by Crippen LogP contribution is 2.21. The third kappa shape index (κ3) is 4.31. The molecule has 0 heterocycles. The molecule has 0 unspecified atom stereocenters. The second-order valence-corrected chi connectivity index (χ2v) is 4.52. The minimum atomic E-state index is -0.00636. The molecule has 0 atom stereocenters. The number of carbonyl (C=O) groups excluding carboxylic acids is 1. The maximum absolute atomic E-state index is 10.8. The smallest absolute Gasteiger partial charge is 0.167 e. The van der Waals surface area contributed by atoms with E-state index in [2.05, 4.69) is 10.2 Å². The van der Waals surface area contributed by atoms with E-state index in [0.717, 1.165) is 11.4 Å². The zero-order valence-electron chi connectivity index (χ0n) is 11.5. The summed E-state index contributed by atoms with van der Waals surface area (Å²) in [5.74, 6) is 0.641. The molecule has 2 rings (SSSR count). The molecule has 4 nitrogen and oxygen atoms in total. The molecule has 4 heteroatoms. The van der Waals surface area contributed by atoms with Crippen molar-refractivity contribution in [3.8, 4) is 5.75 Å². The lowest BCUT2D eigenvalue weighted by molar-refractivity contribution is -0.118. The second kappa shape index (κ2) is 6.61. The van der Waals surface area contributed by atoms with Crippen LogP contribution in [-0.2, 0) is 4.79 Å².